The van der Waals surface area contributed by atoms with Crippen LogP contribution in [0.1, 0.15) is 6.92 Å². The standard InChI is InChI=1S/C9H12ClN3O3/c1-6(16-2)5-11-9-4-7(13(14)15)3-8(10)12-9/h3-4,6H,5H2,1-2H3,(H,11,12). The van der Waals surface area contributed by atoms with Gasteiger partial charge in [-0.1, -0.05) is 11.6 Å². The van der Waals surface area contributed by atoms with Crippen LogP contribution in [0.3, 0.4) is 0 Å². The summed E-state index contributed by atoms with van der Waals surface area (Å²) in [6, 6.07) is 2.53. The van der Waals surface area contributed by atoms with E-state index in [2.05, 4.69) is 10.3 Å². The van der Waals surface area contributed by atoms with Gasteiger partial charge in [-0.2, -0.15) is 0 Å². The van der Waals surface area contributed by atoms with E-state index in [1.807, 2.05) is 6.92 Å². The van der Waals surface area contributed by atoms with E-state index in [9.17, 15) is 10.1 Å². The van der Waals surface area contributed by atoms with Crippen molar-refractivity contribution in [1.82, 2.24) is 4.98 Å². The molecule has 0 saturated heterocycles. The number of aromatic nitrogens is 1. The van der Waals surface area contributed by atoms with Gasteiger partial charge in [0.2, 0.25) is 0 Å². The molecule has 6 nitrogen and oxygen atoms in total. The van der Waals surface area contributed by atoms with Crippen LogP contribution in [0.4, 0.5) is 11.5 Å². The summed E-state index contributed by atoms with van der Waals surface area (Å²) >= 11 is 5.66. The van der Waals surface area contributed by atoms with E-state index in [0.29, 0.717) is 12.4 Å². The van der Waals surface area contributed by atoms with E-state index in [-0.39, 0.29) is 16.9 Å². The van der Waals surface area contributed by atoms with Crippen LogP contribution in [0.15, 0.2) is 12.1 Å². The Kier molecular flexibility index (Phi) is 4.45. The number of hydrogen-bond acceptors (Lipinski definition) is 5. The Hall–Kier alpha value is -1.40. The molecule has 0 radical (unpaired) electrons. The molecule has 0 amide bonds. The van der Waals surface area contributed by atoms with E-state index < -0.39 is 4.92 Å². The van der Waals surface area contributed by atoms with Crippen molar-refractivity contribution in [3.05, 3.63) is 27.4 Å². The van der Waals surface area contributed by atoms with E-state index in [1.165, 1.54) is 12.1 Å². The molecule has 16 heavy (non-hydrogen) atoms. The number of rotatable bonds is 5. The van der Waals surface area contributed by atoms with E-state index in [1.54, 1.807) is 7.11 Å². The predicted octanol–water partition coefficient (Wildman–Crippen LogP) is 2.09. The lowest BCUT2D eigenvalue weighted by molar-refractivity contribution is -0.384. The molecule has 0 aliphatic heterocycles. The Labute approximate surface area is 97.7 Å². The van der Waals surface area contributed by atoms with Crippen LogP contribution in [0.5, 0.6) is 0 Å². The summed E-state index contributed by atoms with van der Waals surface area (Å²) in [5.74, 6) is 0.364. The summed E-state index contributed by atoms with van der Waals surface area (Å²) in [4.78, 5) is 14.0. The SMILES string of the molecule is COC(C)CNc1cc([N+](=O)[O-])cc(Cl)n1. The highest BCUT2D eigenvalue weighted by atomic mass is 35.5. The van der Waals surface area contributed by atoms with Gasteiger partial charge in [0.1, 0.15) is 11.0 Å². The van der Waals surface area contributed by atoms with Gasteiger partial charge in [0.05, 0.1) is 23.2 Å². The molecule has 0 fully saturated rings. The van der Waals surface area contributed by atoms with Crippen LogP contribution in [0.2, 0.25) is 5.15 Å². The summed E-state index contributed by atoms with van der Waals surface area (Å²) in [6.07, 6.45) is -0.0140. The third-order valence-electron chi connectivity index (χ3n) is 1.96. The van der Waals surface area contributed by atoms with Crippen LogP contribution in [0, 0.1) is 10.1 Å². The van der Waals surface area contributed by atoms with E-state index in [0.717, 1.165) is 0 Å². The second kappa shape index (κ2) is 5.62. The lowest BCUT2D eigenvalue weighted by atomic mass is 10.3. The maximum Gasteiger partial charge on any atom is 0.276 e. The summed E-state index contributed by atoms with van der Waals surface area (Å²) in [7, 11) is 1.58. The van der Waals surface area contributed by atoms with Crippen LogP contribution >= 0.6 is 11.6 Å². The normalized spacial score (nSPS) is 12.2. The number of nitrogens with zero attached hydrogens (tertiary/aromatic N) is 2. The van der Waals surface area contributed by atoms with Gasteiger partial charge in [0.25, 0.3) is 5.69 Å². The Balaban J connectivity index is 2.76. The summed E-state index contributed by atoms with van der Waals surface area (Å²) in [5.41, 5.74) is -0.0902. The van der Waals surface area contributed by atoms with Crippen LogP contribution < -0.4 is 5.32 Å². The van der Waals surface area contributed by atoms with Crippen molar-refractivity contribution in [2.45, 2.75) is 13.0 Å². The van der Waals surface area contributed by atoms with Crippen molar-refractivity contribution in [2.75, 3.05) is 19.0 Å². The van der Waals surface area contributed by atoms with Gasteiger partial charge in [-0.15, -0.1) is 0 Å². The lowest BCUT2D eigenvalue weighted by Gasteiger charge is -2.11. The average molecular weight is 246 g/mol. The van der Waals surface area contributed by atoms with Gasteiger partial charge in [-0.3, -0.25) is 10.1 Å². The zero-order valence-corrected chi connectivity index (χ0v) is 9.69. The molecule has 1 unspecified atom stereocenters. The molecule has 0 saturated carbocycles. The number of halogens is 1. The van der Waals surface area contributed by atoms with Crippen molar-refractivity contribution in [3.63, 3.8) is 0 Å². The Morgan fingerprint density at radius 3 is 2.94 bits per heavy atom. The van der Waals surface area contributed by atoms with Gasteiger partial charge in [0.15, 0.2) is 0 Å². The highest BCUT2D eigenvalue weighted by Crippen LogP contribution is 2.20. The van der Waals surface area contributed by atoms with Gasteiger partial charge in [-0.05, 0) is 6.92 Å². The highest BCUT2D eigenvalue weighted by Gasteiger charge is 2.10. The summed E-state index contributed by atoms with van der Waals surface area (Å²) < 4.78 is 5.02. The molecule has 0 aliphatic carbocycles. The minimum atomic E-state index is -0.515. The third-order valence-corrected chi connectivity index (χ3v) is 2.16. The maximum absolute atomic E-state index is 10.6. The largest absolute Gasteiger partial charge is 0.380 e. The monoisotopic (exact) mass is 245 g/mol. The lowest BCUT2D eigenvalue weighted by Crippen LogP contribution is -2.18. The number of ether oxygens (including phenoxy) is 1. The van der Waals surface area contributed by atoms with E-state index in [4.69, 9.17) is 16.3 Å². The number of anilines is 1. The first-order valence-corrected chi connectivity index (χ1v) is 4.99. The summed E-state index contributed by atoms with van der Waals surface area (Å²) in [6.45, 7) is 2.37. The molecule has 88 valence electrons. The average Bonchev–Trinajstić information content (AvgIpc) is 2.25. The maximum atomic E-state index is 10.6. The second-order valence-corrected chi connectivity index (χ2v) is 3.60. The van der Waals surface area contributed by atoms with Crippen molar-refractivity contribution in [3.8, 4) is 0 Å². The number of nitrogens with one attached hydrogen (secondary N) is 1. The van der Waals surface area contributed by atoms with Crippen molar-refractivity contribution >= 4 is 23.1 Å². The smallest absolute Gasteiger partial charge is 0.276 e. The Morgan fingerprint density at radius 2 is 2.38 bits per heavy atom. The predicted molar refractivity (Wildman–Crippen MR) is 60.9 cm³/mol. The van der Waals surface area contributed by atoms with Crippen LogP contribution in [0.25, 0.3) is 0 Å². The fourth-order valence-electron chi connectivity index (χ4n) is 1.01. The van der Waals surface area contributed by atoms with Crippen molar-refractivity contribution < 1.29 is 9.66 Å². The molecular weight excluding hydrogens is 234 g/mol. The third kappa shape index (κ3) is 3.63. The van der Waals surface area contributed by atoms with Gasteiger partial charge >= 0.3 is 0 Å². The highest BCUT2D eigenvalue weighted by molar-refractivity contribution is 6.29. The van der Waals surface area contributed by atoms with Crippen LogP contribution in [-0.2, 0) is 4.74 Å². The molecule has 1 N–H and O–H groups in total. The first kappa shape index (κ1) is 12.7. The molecule has 7 heteroatoms. The molecule has 1 aromatic heterocycles. The topological polar surface area (TPSA) is 77.3 Å². The van der Waals surface area contributed by atoms with Gasteiger partial charge in [-0.25, -0.2) is 4.98 Å². The molecule has 1 atom stereocenters. The number of pyridine rings is 1. The number of methoxy groups -OCH3 is 1. The first-order valence-electron chi connectivity index (χ1n) is 4.61. The fourth-order valence-corrected chi connectivity index (χ4v) is 1.21. The molecule has 1 heterocycles. The Morgan fingerprint density at radius 1 is 1.69 bits per heavy atom. The Bertz CT molecular complexity index is 386. The minimum Gasteiger partial charge on any atom is -0.380 e. The molecule has 0 bridgehead atoms. The summed E-state index contributed by atoms with van der Waals surface area (Å²) in [5, 5.41) is 13.6. The van der Waals surface area contributed by atoms with E-state index >= 15 is 0 Å². The number of hydrogen-bond donors (Lipinski definition) is 1. The quantitative estimate of drug-likeness (QED) is 0.488. The first-order chi connectivity index (χ1) is 7.52. The molecule has 0 aromatic carbocycles. The zero-order valence-electron chi connectivity index (χ0n) is 8.94. The molecule has 0 spiro atoms. The molecule has 1 aromatic rings. The van der Waals surface area contributed by atoms with Crippen LogP contribution in [-0.4, -0.2) is 29.7 Å². The number of nitro groups is 1. The fraction of sp³-hybridized carbons (Fsp3) is 0.444. The second-order valence-electron chi connectivity index (χ2n) is 3.22. The van der Waals surface area contributed by atoms with Crippen molar-refractivity contribution in [2.24, 2.45) is 0 Å². The molecule has 1 rings (SSSR count). The van der Waals surface area contributed by atoms with Crippen molar-refractivity contribution in [1.29, 1.82) is 0 Å². The molecule has 0 aliphatic rings. The molecular formula is C9H12ClN3O3. The minimum absolute atomic E-state index is 0.0140. The van der Waals surface area contributed by atoms with Gasteiger partial charge in [0, 0.05) is 13.7 Å². The zero-order chi connectivity index (χ0) is 12.1. The van der Waals surface area contributed by atoms with Gasteiger partial charge < -0.3 is 10.1 Å².